The fourth-order valence-corrected chi connectivity index (χ4v) is 2.77. The van der Waals surface area contributed by atoms with Crippen LogP contribution in [0.15, 0.2) is 21.9 Å². The summed E-state index contributed by atoms with van der Waals surface area (Å²) in [5.74, 6) is 1.23. The summed E-state index contributed by atoms with van der Waals surface area (Å²) in [6.07, 6.45) is 1.08. The van der Waals surface area contributed by atoms with Crippen molar-refractivity contribution in [3.8, 4) is 11.5 Å². The smallest absolute Gasteiger partial charge is 0.231 e. The Labute approximate surface area is 103 Å². The van der Waals surface area contributed by atoms with E-state index in [1.807, 2.05) is 0 Å². The van der Waals surface area contributed by atoms with Gasteiger partial charge in [-0.05, 0) is 12.1 Å². The predicted octanol–water partition coefficient (Wildman–Crippen LogP) is 1.23. The molecule has 0 aromatic carbocycles. The minimum Gasteiger partial charge on any atom is -0.458 e. The Hall–Kier alpha value is -1.38. The number of rotatable bonds is 4. The summed E-state index contributed by atoms with van der Waals surface area (Å²) in [6, 6.07) is 3.51. The Bertz CT molecular complexity index is 615. The van der Waals surface area contributed by atoms with E-state index < -0.39 is 10.0 Å². The van der Waals surface area contributed by atoms with Gasteiger partial charge in [-0.2, -0.15) is 0 Å². The van der Waals surface area contributed by atoms with Crippen molar-refractivity contribution < 1.29 is 12.8 Å². The van der Waals surface area contributed by atoms with Gasteiger partial charge in [0.1, 0.15) is 11.5 Å². The van der Waals surface area contributed by atoms with Gasteiger partial charge in [-0.1, -0.05) is 0 Å². The van der Waals surface area contributed by atoms with E-state index in [9.17, 15) is 8.42 Å². The van der Waals surface area contributed by atoms with Crippen molar-refractivity contribution in [1.29, 1.82) is 0 Å². The lowest BCUT2D eigenvalue weighted by atomic mass is 10.3. The van der Waals surface area contributed by atoms with Gasteiger partial charge in [-0.3, -0.25) is 4.72 Å². The van der Waals surface area contributed by atoms with E-state index in [-0.39, 0.29) is 0 Å². The molecule has 0 aliphatic heterocycles. The van der Waals surface area contributed by atoms with Gasteiger partial charge in [0.2, 0.25) is 10.0 Å². The molecule has 0 atom stereocenters. The molecule has 2 aromatic rings. The van der Waals surface area contributed by atoms with Crippen molar-refractivity contribution in [3.63, 3.8) is 0 Å². The molecule has 2 aromatic heterocycles. The van der Waals surface area contributed by atoms with E-state index in [1.165, 1.54) is 11.3 Å². The van der Waals surface area contributed by atoms with Crippen molar-refractivity contribution in [2.75, 3.05) is 11.0 Å². The molecule has 3 N–H and O–H groups in total. The standard InChI is InChI=1S/C9H11N3O3S2/c1-17(13,14)12-9-11-7(5-16-9)8-3-2-6(4-10)15-8/h2-3,5H,4,10H2,1H3,(H,11,12). The first-order valence-electron chi connectivity index (χ1n) is 4.70. The molecule has 6 nitrogen and oxygen atoms in total. The monoisotopic (exact) mass is 273 g/mol. The van der Waals surface area contributed by atoms with Crippen LogP contribution in [0, 0.1) is 0 Å². The van der Waals surface area contributed by atoms with Gasteiger partial charge < -0.3 is 10.2 Å². The molecule has 17 heavy (non-hydrogen) atoms. The SMILES string of the molecule is CS(=O)(=O)Nc1nc(-c2ccc(CN)o2)cs1. The van der Waals surface area contributed by atoms with E-state index in [0.29, 0.717) is 28.9 Å². The lowest BCUT2D eigenvalue weighted by Gasteiger charge is -1.96. The number of sulfonamides is 1. The van der Waals surface area contributed by atoms with Crippen molar-refractivity contribution in [1.82, 2.24) is 4.98 Å². The molecule has 0 amide bonds. The van der Waals surface area contributed by atoms with Crippen LogP contribution in [-0.2, 0) is 16.6 Å². The van der Waals surface area contributed by atoms with E-state index in [0.717, 1.165) is 6.26 Å². The Morgan fingerprint density at radius 3 is 2.88 bits per heavy atom. The number of anilines is 1. The maximum atomic E-state index is 11.0. The van der Waals surface area contributed by atoms with Crippen LogP contribution in [0.5, 0.6) is 0 Å². The Kier molecular flexibility index (Phi) is 3.18. The van der Waals surface area contributed by atoms with E-state index >= 15 is 0 Å². The molecule has 0 saturated heterocycles. The molecule has 92 valence electrons. The first kappa shape index (κ1) is 12.1. The first-order valence-corrected chi connectivity index (χ1v) is 7.47. The third-order valence-electron chi connectivity index (χ3n) is 1.89. The minimum atomic E-state index is -3.30. The molecule has 0 fully saturated rings. The van der Waals surface area contributed by atoms with Crippen LogP contribution in [-0.4, -0.2) is 19.7 Å². The topological polar surface area (TPSA) is 98.2 Å². The maximum absolute atomic E-state index is 11.0. The number of nitrogens with zero attached hydrogens (tertiary/aromatic N) is 1. The zero-order valence-electron chi connectivity index (χ0n) is 9.00. The quantitative estimate of drug-likeness (QED) is 0.873. The fraction of sp³-hybridized carbons (Fsp3) is 0.222. The van der Waals surface area contributed by atoms with Crippen LogP contribution < -0.4 is 10.5 Å². The molecule has 0 aliphatic rings. The third kappa shape index (κ3) is 3.05. The molecular weight excluding hydrogens is 262 g/mol. The lowest BCUT2D eigenvalue weighted by Crippen LogP contribution is -2.08. The zero-order chi connectivity index (χ0) is 12.5. The van der Waals surface area contributed by atoms with Gasteiger partial charge >= 0.3 is 0 Å². The number of furan rings is 1. The average molecular weight is 273 g/mol. The first-order chi connectivity index (χ1) is 7.98. The molecule has 0 radical (unpaired) electrons. The maximum Gasteiger partial charge on any atom is 0.231 e. The summed E-state index contributed by atoms with van der Waals surface area (Å²) in [5.41, 5.74) is 6.01. The molecule has 0 unspecified atom stereocenters. The largest absolute Gasteiger partial charge is 0.458 e. The van der Waals surface area contributed by atoms with Crippen LogP contribution in [0.3, 0.4) is 0 Å². The highest BCUT2D eigenvalue weighted by atomic mass is 32.2. The molecule has 0 saturated carbocycles. The molecule has 2 heterocycles. The zero-order valence-corrected chi connectivity index (χ0v) is 10.6. The van der Waals surface area contributed by atoms with Gasteiger partial charge in [-0.25, -0.2) is 13.4 Å². The third-order valence-corrected chi connectivity index (χ3v) is 3.34. The molecule has 2 rings (SSSR count). The number of nitrogens with one attached hydrogen (secondary N) is 1. The van der Waals surface area contributed by atoms with Crippen molar-refractivity contribution >= 4 is 26.5 Å². The van der Waals surface area contributed by atoms with E-state index in [2.05, 4.69) is 9.71 Å². The van der Waals surface area contributed by atoms with Crippen LogP contribution in [0.25, 0.3) is 11.5 Å². The number of nitrogens with two attached hydrogens (primary N) is 1. The molecular formula is C9H11N3O3S2. The Morgan fingerprint density at radius 1 is 1.53 bits per heavy atom. The van der Waals surface area contributed by atoms with Crippen molar-refractivity contribution in [2.45, 2.75) is 6.54 Å². The predicted molar refractivity (Wildman–Crippen MR) is 66.2 cm³/mol. The van der Waals surface area contributed by atoms with Crippen LogP contribution in [0.4, 0.5) is 5.13 Å². The summed E-state index contributed by atoms with van der Waals surface area (Å²) in [4.78, 5) is 4.11. The summed E-state index contributed by atoms with van der Waals surface area (Å²) in [6.45, 7) is 0.318. The Balaban J connectivity index is 2.23. The fourth-order valence-electron chi connectivity index (χ4n) is 1.22. The van der Waals surface area contributed by atoms with Gasteiger partial charge in [-0.15, -0.1) is 11.3 Å². The van der Waals surface area contributed by atoms with Gasteiger partial charge in [0, 0.05) is 5.38 Å². The van der Waals surface area contributed by atoms with E-state index in [1.54, 1.807) is 17.5 Å². The lowest BCUT2D eigenvalue weighted by molar-refractivity contribution is 0.524. The summed E-state index contributed by atoms with van der Waals surface area (Å²) in [7, 11) is -3.30. The highest BCUT2D eigenvalue weighted by molar-refractivity contribution is 7.92. The number of thiazole rings is 1. The van der Waals surface area contributed by atoms with Crippen LogP contribution in [0.2, 0.25) is 0 Å². The second-order valence-corrected chi connectivity index (χ2v) is 5.99. The number of hydrogen-bond acceptors (Lipinski definition) is 6. The summed E-state index contributed by atoms with van der Waals surface area (Å²) >= 11 is 1.20. The normalized spacial score (nSPS) is 11.6. The summed E-state index contributed by atoms with van der Waals surface area (Å²) in [5, 5.41) is 2.03. The number of aromatic nitrogens is 1. The average Bonchev–Trinajstić information content (AvgIpc) is 2.82. The Morgan fingerprint density at radius 2 is 2.29 bits per heavy atom. The molecule has 0 aliphatic carbocycles. The highest BCUT2D eigenvalue weighted by Gasteiger charge is 2.10. The van der Waals surface area contributed by atoms with Crippen LogP contribution in [0.1, 0.15) is 5.76 Å². The second-order valence-electron chi connectivity index (χ2n) is 3.38. The van der Waals surface area contributed by atoms with Gasteiger partial charge in [0.15, 0.2) is 10.9 Å². The molecule has 0 spiro atoms. The van der Waals surface area contributed by atoms with Crippen LogP contribution >= 0.6 is 11.3 Å². The van der Waals surface area contributed by atoms with Gasteiger partial charge in [0.05, 0.1) is 12.8 Å². The van der Waals surface area contributed by atoms with Crippen molar-refractivity contribution in [3.05, 3.63) is 23.3 Å². The van der Waals surface area contributed by atoms with E-state index in [4.69, 9.17) is 10.2 Å². The second kappa shape index (κ2) is 4.47. The minimum absolute atomic E-state index is 0.313. The summed E-state index contributed by atoms with van der Waals surface area (Å²) < 4.78 is 29.7. The molecule has 0 bridgehead atoms. The number of hydrogen-bond donors (Lipinski definition) is 2. The molecule has 8 heteroatoms. The van der Waals surface area contributed by atoms with Gasteiger partial charge in [0.25, 0.3) is 0 Å². The highest BCUT2D eigenvalue weighted by Crippen LogP contribution is 2.26. The van der Waals surface area contributed by atoms with Crippen molar-refractivity contribution in [2.24, 2.45) is 5.73 Å².